The number of nitrogens with zero attached hydrogens (tertiary/aromatic N) is 2. The summed E-state index contributed by atoms with van der Waals surface area (Å²) >= 11 is 0. The van der Waals surface area contributed by atoms with E-state index in [2.05, 4.69) is 53.7 Å². The van der Waals surface area contributed by atoms with Crippen LogP contribution in [0, 0.1) is 6.92 Å². The Hall–Kier alpha value is -1.76. The van der Waals surface area contributed by atoms with Crippen molar-refractivity contribution in [1.29, 1.82) is 0 Å². The lowest BCUT2D eigenvalue weighted by Crippen LogP contribution is -2.40. The molecule has 7 heteroatoms. The van der Waals surface area contributed by atoms with Gasteiger partial charge in [-0.25, -0.2) is 0 Å². The smallest absolute Gasteiger partial charge is 0.356 e. The monoisotopic (exact) mass is 358 g/mol. The number of aliphatic imine (C=N–C) groups is 1. The van der Waals surface area contributed by atoms with E-state index in [1.165, 1.54) is 23.1 Å². The van der Waals surface area contributed by atoms with E-state index in [9.17, 15) is 13.2 Å². The van der Waals surface area contributed by atoms with Crippen LogP contribution in [-0.2, 0) is 0 Å². The molecule has 0 amide bonds. The molecule has 0 aromatic heterocycles. The van der Waals surface area contributed by atoms with Gasteiger partial charge in [0.2, 0.25) is 0 Å². The fourth-order valence-electron chi connectivity index (χ4n) is 2.42. The Labute approximate surface area is 148 Å². The van der Waals surface area contributed by atoms with Gasteiger partial charge < -0.3 is 10.6 Å². The van der Waals surface area contributed by atoms with Crippen molar-refractivity contribution in [3.8, 4) is 0 Å². The molecule has 0 aliphatic rings. The second-order valence-corrected chi connectivity index (χ2v) is 6.40. The molecule has 0 aliphatic heterocycles. The Balaban J connectivity index is 2.27. The van der Waals surface area contributed by atoms with E-state index in [0.717, 1.165) is 6.54 Å². The van der Waals surface area contributed by atoms with Gasteiger partial charge in [-0.3, -0.25) is 9.89 Å². The predicted molar refractivity (Wildman–Crippen MR) is 97.1 cm³/mol. The molecule has 1 atom stereocenters. The maximum absolute atomic E-state index is 12.2. The second-order valence-electron chi connectivity index (χ2n) is 6.40. The van der Waals surface area contributed by atoms with Crippen LogP contribution in [-0.4, -0.2) is 57.3 Å². The summed E-state index contributed by atoms with van der Waals surface area (Å²) in [5, 5.41) is 6.39. The molecule has 1 aromatic rings. The summed E-state index contributed by atoms with van der Waals surface area (Å²) < 4.78 is 36.7. The minimum Gasteiger partial charge on any atom is -0.356 e. The second kappa shape index (κ2) is 10.3. The summed E-state index contributed by atoms with van der Waals surface area (Å²) in [4.78, 5) is 5.42. The van der Waals surface area contributed by atoms with Gasteiger partial charge in [0.1, 0.15) is 0 Å². The maximum Gasteiger partial charge on any atom is 0.401 e. The summed E-state index contributed by atoms with van der Waals surface area (Å²) in [5.74, 6) is 0.995. The van der Waals surface area contributed by atoms with Crippen LogP contribution in [0.15, 0.2) is 29.3 Å². The lowest BCUT2D eigenvalue weighted by molar-refractivity contribution is -0.143. The molecule has 0 spiro atoms. The minimum atomic E-state index is -4.15. The van der Waals surface area contributed by atoms with Gasteiger partial charge in [0.05, 0.1) is 6.54 Å². The third-order valence-corrected chi connectivity index (χ3v) is 3.90. The third-order valence-electron chi connectivity index (χ3n) is 3.90. The first-order valence-electron chi connectivity index (χ1n) is 8.47. The first kappa shape index (κ1) is 21.3. The number of aryl methyl sites for hydroxylation is 1. The molecule has 0 saturated heterocycles. The van der Waals surface area contributed by atoms with Gasteiger partial charge >= 0.3 is 6.18 Å². The molecular formula is C18H29F3N4. The van der Waals surface area contributed by atoms with Gasteiger partial charge in [0.15, 0.2) is 5.96 Å². The zero-order chi connectivity index (χ0) is 18.9. The van der Waals surface area contributed by atoms with Gasteiger partial charge in [0.25, 0.3) is 0 Å². The van der Waals surface area contributed by atoms with Crippen LogP contribution in [0.4, 0.5) is 13.2 Å². The fourth-order valence-corrected chi connectivity index (χ4v) is 2.42. The van der Waals surface area contributed by atoms with Crippen LogP contribution < -0.4 is 10.6 Å². The molecule has 2 N–H and O–H groups in total. The zero-order valence-electron chi connectivity index (χ0n) is 15.5. The standard InChI is InChI=1S/C18H29F3N4/c1-14-6-8-16(9-7-14)15(2)12-24-17(22-3)23-10-5-11-25(4)13-18(19,20)21/h6-9,15H,5,10-13H2,1-4H3,(H2,22,23,24). The van der Waals surface area contributed by atoms with Crippen molar-refractivity contribution in [3.63, 3.8) is 0 Å². The molecule has 25 heavy (non-hydrogen) atoms. The Morgan fingerprint density at radius 3 is 2.40 bits per heavy atom. The van der Waals surface area contributed by atoms with Crippen LogP contribution in [0.1, 0.15) is 30.4 Å². The number of benzene rings is 1. The van der Waals surface area contributed by atoms with E-state index in [4.69, 9.17) is 0 Å². The molecule has 1 aromatic carbocycles. The number of halogens is 3. The van der Waals surface area contributed by atoms with Crippen LogP contribution in [0.25, 0.3) is 0 Å². The predicted octanol–water partition coefficient (Wildman–Crippen LogP) is 3.15. The largest absolute Gasteiger partial charge is 0.401 e. The number of hydrogen-bond acceptors (Lipinski definition) is 2. The SMILES string of the molecule is CN=C(NCCCN(C)CC(F)(F)F)NCC(C)c1ccc(C)cc1. The maximum atomic E-state index is 12.2. The quantitative estimate of drug-likeness (QED) is 0.426. The van der Waals surface area contributed by atoms with Crippen LogP contribution in [0.2, 0.25) is 0 Å². The third kappa shape index (κ3) is 9.34. The van der Waals surface area contributed by atoms with Gasteiger partial charge in [-0.1, -0.05) is 36.8 Å². The molecule has 4 nitrogen and oxygen atoms in total. The van der Waals surface area contributed by atoms with Gasteiger partial charge in [0, 0.05) is 20.1 Å². The number of nitrogens with one attached hydrogen (secondary N) is 2. The lowest BCUT2D eigenvalue weighted by Gasteiger charge is -2.19. The van der Waals surface area contributed by atoms with Crippen molar-refractivity contribution >= 4 is 5.96 Å². The number of guanidine groups is 1. The summed E-state index contributed by atoms with van der Waals surface area (Å²) in [5.41, 5.74) is 2.49. The molecule has 0 aliphatic carbocycles. The highest BCUT2D eigenvalue weighted by Gasteiger charge is 2.28. The summed E-state index contributed by atoms with van der Waals surface area (Å²) in [6.07, 6.45) is -3.54. The molecular weight excluding hydrogens is 329 g/mol. The molecule has 1 rings (SSSR count). The lowest BCUT2D eigenvalue weighted by atomic mass is 10.0. The Morgan fingerprint density at radius 2 is 1.84 bits per heavy atom. The van der Waals surface area contributed by atoms with Crippen LogP contribution in [0.5, 0.6) is 0 Å². The van der Waals surface area contributed by atoms with E-state index >= 15 is 0 Å². The molecule has 0 saturated carbocycles. The molecule has 142 valence electrons. The Morgan fingerprint density at radius 1 is 1.20 bits per heavy atom. The van der Waals surface area contributed by atoms with Crippen molar-refractivity contribution in [2.75, 3.05) is 40.3 Å². The van der Waals surface area contributed by atoms with Crippen molar-refractivity contribution in [1.82, 2.24) is 15.5 Å². The van der Waals surface area contributed by atoms with E-state index in [1.54, 1.807) is 7.05 Å². The van der Waals surface area contributed by atoms with Crippen molar-refractivity contribution < 1.29 is 13.2 Å². The highest BCUT2D eigenvalue weighted by atomic mass is 19.4. The molecule has 0 bridgehead atoms. The number of hydrogen-bond donors (Lipinski definition) is 2. The van der Waals surface area contributed by atoms with Crippen LogP contribution in [0.3, 0.4) is 0 Å². The number of rotatable bonds is 8. The van der Waals surface area contributed by atoms with Gasteiger partial charge in [-0.2, -0.15) is 13.2 Å². The first-order valence-corrected chi connectivity index (χ1v) is 8.47. The van der Waals surface area contributed by atoms with E-state index in [1.807, 2.05) is 0 Å². The Kier molecular flexibility index (Phi) is 8.75. The topological polar surface area (TPSA) is 39.7 Å². The molecule has 1 unspecified atom stereocenters. The number of alkyl halides is 3. The summed E-state index contributed by atoms with van der Waals surface area (Å²) in [6.45, 7) is 5.00. The highest BCUT2D eigenvalue weighted by molar-refractivity contribution is 5.79. The van der Waals surface area contributed by atoms with Gasteiger partial charge in [-0.15, -0.1) is 0 Å². The summed E-state index contributed by atoms with van der Waals surface area (Å²) in [7, 11) is 3.16. The molecule has 0 fully saturated rings. The average Bonchev–Trinajstić information content (AvgIpc) is 2.53. The normalized spacial score (nSPS) is 13.8. The average molecular weight is 358 g/mol. The minimum absolute atomic E-state index is 0.331. The van der Waals surface area contributed by atoms with Gasteiger partial charge in [-0.05, 0) is 38.4 Å². The highest BCUT2D eigenvalue weighted by Crippen LogP contribution is 2.15. The van der Waals surface area contributed by atoms with Crippen molar-refractivity contribution in [3.05, 3.63) is 35.4 Å². The van der Waals surface area contributed by atoms with Crippen LogP contribution >= 0.6 is 0 Å². The zero-order valence-corrected chi connectivity index (χ0v) is 15.5. The molecule has 0 radical (unpaired) electrons. The van der Waals surface area contributed by atoms with E-state index < -0.39 is 12.7 Å². The summed E-state index contributed by atoms with van der Waals surface area (Å²) in [6, 6.07) is 8.43. The Bertz CT molecular complexity index is 526. The first-order chi connectivity index (χ1) is 11.7. The van der Waals surface area contributed by atoms with Crippen molar-refractivity contribution in [2.45, 2.75) is 32.4 Å². The van der Waals surface area contributed by atoms with E-state index in [-0.39, 0.29) is 0 Å². The molecule has 0 heterocycles. The van der Waals surface area contributed by atoms with Crippen molar-refractivity contribution in [2.24, 2.45) is 4.99 Å². The van der Waals surface area contributed by atoms with E-state index in [0.29, 0.717) is 31.4 Å². The fraction of sp³-hybridized carbons (Fsp3) is 0.611.